The van der Waals surface area contributed by atoms with Gasteiger partial charge in [-0.25, -0.2) is 4.79 Å². The van der Waals surface area contributed by atoms with E-state index in [4.69, 9.17) is 0 Å². The Morgan fingerprint density at radius 3 is 2.26 bits per heavy atom. The maximum atomic E-state index is 12.0. The highest BCUT2D eigenvalue weighted by Gasteiger charge is 2.29. The van der Waals surface area contributed by atoms with E-state index in [9.17, 15) is 14.7 Å². The van der Waals surface area contributed by atoms with Gasteiger partial charge in [0.05, 0.1) is 6.10 Å². The van der Waals surface area contributed by atoms with Crippen LogP contribution >= 0.6 is 0 Å². The number of urea groups is 1. The van der Waals surface area contributed by atoms with Crippen LogP contribution in [0, 0.1) is 5.92 Å². The molecule has 1 aromatic carbocycles. The molecule has 0 radical (unpaired) electrons. The summed E-state index contributed by atoms with van der Waals surface area (Å²) in [6, 6.07) is 7.01. The second kappa shape index (κ2) is 7.00. The van der Waals surface area contributed by atoms with Crippen molar-refractivity contribution in [3.63, 3.8) is 0 Å². The van der Waals surface area contributed by atoms with Gasteiger partial charge < -0.3 is 21.1 Å². The number of rotatable bonds is 4. The standard InChI is InChI=1S/C17H23N3O3/c21-15-8-6-12(7-9-15)19-17(23)20-14-3-1-2-13(10-14)18-16(22)11-4-5-11/h1-3,10-12,15,21H,4-9H2,(H,18,22)(H2,19,20,23). The lowest BCUT2D eigenvalue weighted by Crippen LogP contribution is -2.40. The minimum absolute atomic E-state index is 0.0485. The van der Waals surface area contributed by atoms with Crippen LogP contribution in [0.1, 0.15) is 38.5 Å². The Hall–Kier alpha value is -2.08. The number of aliphatic hydroxyl groups excluding tert-OH is 1. The Balaban J connectivity index is 1.50. The lowest BCUT2D eigenvalue weighted by Gasteiger charge is -2.26. The molecule has 2 aliphatic carbocycles. The van der Waals surface area contributed by atoms with Gasteiger partial charge in [-0.05, 0) is 56.7 Å². The average molecular weight is 317 g/mol. The monoisotopic (exact) mass is 317 g/mol. The zero-order chi connectivity index (χ0) is 16.2. The van der Waals surface area contributed by atoms with Gasteiger partial charge in [0.1, 0.15) is 0 Å². The summed E-state index contributed by atoms with van der Waals surface area (Å²) in [5, 5.41) is 18.1. The normalized spacial score (nSPS) is 23.9. The molecule has 23 heavy (non-hydrogen) atoms. The van der Waals surface area contributed by atoms with Gasteiger partial charge in [-0.15, -0.1) is 0 Å². The third-order valence-corrected chi connectivity index (χ3v) is 4.37. The molecule has 0 heterocycles. The summed E-state index contributed by atoms with van der Waals surface area (Å²) >= 11 is 0. The van der Waals surface area contributed by atoms with E-state index in [0.717, 1.165) is 38.5 Å². The fraction of sp³-hybridized carbons (Fsp3) is 0.529. The van der Waals surface area contributed by atoms with Gasteiger partial charge in [0, 0.05) is 23.3 Å². The summed E-state index contributed by atoms with van der Waals surface area (Å²) in [4.78, 5) is 23.8. The van der Waals surface area contributed by atoms with Crippen LogP contribution in [0.3, 0.4) is 0 Å². The fourth-order valence-corrected chi connectivity index (χ4v) is 2.84. The van der Waals surface area contributed by atoms with Crippen LogP contribution in [0.4, 0.5) is 16.2 Å². The molecule has 1 aromatic rings. The zero-order valence-electron chi connectivity index (χ0n) is 13.0. The first-order chi connectivity index (χ1) is 11.1. The summed E-state index contributed by atoms with van der Waals surface area (Å²) in [6.07, 6.45) is 4.74. The Kier molecular flexibility index (Phi) is 4.81. The predicted octanol–water partition coefficient (Wildman–Crippen LogP) is 2.46. The highest BCUT2D eigenvalue weighted by atomic mass is 16.3. The van der Waals surface area contributed by atoms with Crippen LogP contribution in [0.25, 0.3) is 0 Å². The second-order valence-electron chi connectivity index (χ2n) is 6.45. The number of aliphatic hydroxyl groups is 1. The number of benzene rings is 1. The van der Waals surface area contributed by atoms with Crippen molar-refractivity contribution in [1.82, 2.24) is 5.32 Å². The number of carbonyl (C=O) groups excluding carboxylic acids is 2. The molecule has 0 aromatic heterocycles. The average Bonchev–Trinajstić information content (AvgIpc) is 3.35. The van der Waals surface area contributed by atoms with E-state index >= 15 is 0 Å². The number of hydrogen-bond donors (Lipinski definition) is 4. The van der Waals surface area contributed by atoms with Crippen molar-refractivity contribution < 1.29 is 14.7 Å². The van der Waals surface area contributed by atoms with E-state index in [1.807, 2.05) is 6.07 Å². The first-order valence-corrected chi connectivity index (χ1v) is 8.26. The number of amides is 3. The molecule has 3 rings (SSSR count). The Bertz CT molecular complexity index is 578. The first kappa shape index (κ1) is 15.8. The molecular weight excluding hydrogens is 294 g/mol. The van der Waals surface area contributed by atoms with Crippen molar-refractivity contribution in [2.24, 2.45) is 5.92 Å². The molecule has 3 amide bonds. The van der Waals surface area contributed by atoms with Crippen LogP contribution in [0.15, 0.2) is 24.3 Å². The Labute approximate surface area is 135 Å². The van der Waals surface area contributed by atoms with Crippen LogP contribution in [0.2, 0.25) is 0 Å². The highest BCUT2D eigenvalue weighted by molar-refractivity contribution is 5.95. The number of hydrogen-bond acceptors (Lipinski definition) is 3. The second-order valence-corrected chi connectivity index (χ2v) is 6.45. The summed E-state index contributed by atoms with van der Waals surface area (Å²) in [5.41, 5.74) is 1.34. The van der Waals surface area contributed by atoms with Crippen molar-refractivity contribution in [1.29, 1.82) is 0 Å². The minimum Gasteiger partial charge on any atom is -0.393 e. The van der Waals surface area contributed by atoms with Crippen LogP contribution in [0.5, 0.6) is 0 Å². The van der Waals surface area contributed by atoms with Gasteiger partial charge >= 0.3 is 6.03 Å². The lowest BCUT2D eigenvalue weighted by molar-refractivity contribution is -0.117. The van der Waals surface area contributed by atoms with Gasteiger partial charge in [-0.2, -0.15) is 0 Å². The molecule has 0 saturated heterocycles. The summed E-state index contributed by atoms with van der Waals surface area (Å²) in [5.74, 6) is 0.198. The quantitative estimate of drug-likeness (QED) is 0.687. The van der Waals surface area contributed by atoms with Crippen LogP contribution in [-0.4, -0.2) is 29.2 Å². The van der Waals surface area contributed by atoms with Gasteiger partial charge in [-0.1, -0.05) is 6.07 Å². The molecule has 2 saturated carbocycles. The highest BCUT2D eigenvalue weighted by Crippen LogP contribution is 2.30. The molecule has 4 N–H and O–H groups in total. The molecule has 124 valence electrons. The Morgan fingerprint density at radius 1 is 0.957 bits per heavy atom. The lowest BCUT2D eigenvalue weighted by atomic mass is 9.93. The van der Waals surface area contributed by atoms with Gasteiger partial charge in [-0.3, -0.25) is 4.79 Å². The molecule has 0 spiro atoms. The van der Waals surface area contributed by atoms with E-state index in [-0.39, 0.29) is 30.0 Å². The molecule has 0 atom stereocenters. The third kappa shape index (κ3) is 4.69. The van der Waals surface area contributed by atoms with Crippen molar-refractivity contribution in [2.45, 2.75) is 50.7 Å². The molecule has 6 nitrogen and oxygen atoms in total. The number of nitrogens with one attached hydrogen (secondary N) is 3. The van der Waals surface area contributed by atoms with E-state index < -0.39 is 0 Å². The number of anilines is 2. The summed E-state index contributed by atoms with van der Waals surface area (Å²) in [7, 11) is 0. The zero-order valence-corrected chi connectivity index (χ0v) is 13.0. The molecule has 0 unspecified atom stereocenters. The fourth-order valence-electron chi connectivity index (χ4n) is 2.84. The van der Waals surface area contributed by atoms with E-state index in [1.165, 1.54) is 0 Å². The molecular formula is C17H23N3O3. The predicted molar refractivity (Wildman–Crippen MR) is 88.2 cm³/mol. The SMILES string of the molecule is O=C(Nc1cccc(NC(=O)C2CC2)c1)NC1CCC(O)CC1. The smallest absolute Gasteiger partial charge is 0.319 e. The Morgan fingerprint density at radius 2 is 1.61 bits per heavy atom. The summed E-state index contributed by atoms with van der Waals surface area (Å²) in [6.45, 7) is 0. The van der Waals surface area contributed by atoms with E-state index in [1.54, 1.807) is 18.2 Å². The maximum absolute atomic E-state index is 12.0. The maximum Gasteiger partial charge on any atom is 0.319 e. The third-order valence-electron chi connectivity index (χ3n) is 4.37. The minimum atomic E-state index is -0.253. The molecule has 2 aliphatic rings. The van der Waals surface area contributed by atoms with Gasteiger partial charge in [0.2, 0.25) is 5.91 Å². The van der Waals surface area contributed by atoms with Crippen molar-refractivity contribution >= 4 is 23.3 Å². The molecule has 6 heteroatoms. The van der Waals surface area contributed by atoms with Crippen molar-refractivity contribution in [2.75, 3.05) is 10.6 Å². The van der Waals surface area contributed by atoms with Gasteiger partial charge in [0.25, 0.3) is 0 Å². The van der Waals surface area contributed by atoms with Crippen LogP contribution in [-0.2, 0) is 4.79 Å². The van der Waals surface area contributed by atoms with Crippen LogP contribution < -0.4 is 16.0 Å². The largest absolute Gasteiger partial charge is 0.393 e. The molecule has 0 bridgehead atoms. The van der Waals surface area contributed by atoms with Gasteiger partial charge in [0.15, 0.2) is 0 Å². The first-order valence-electron chi connectivity index (χ1n) is 8.26. The molecule has 2 fully saturated rings. The molecule has 0 aliphatic heterocycles. The van der Waals surface area contributed by atoms with E-state index in [0.29, 0.717) is 11.4 Å². The van der Waals surface area contributed by atoms with Crippen molar-refractivity contribution in [3.05, 3.63) is 24.3 Å². The van der Waals surface area contributed by atoms with Crippen molar-refractivity contribution in [3.8, 4) is 0 Å². The topological polar surface area (TPSA) is 90.5 Å². The number of carbonyl (C=O) groups is 2. The van der Waals surface area contributed by atoms with E-state index in [2.05, 4.69) is 16.0 Å². The summed E-state index contributed by atoms with van der Waals surface area (Å²) < 4.78 is 0.